The van der Waals surface area contributed by atoms with E-state index in [0.29, 0.717) is 0 Å². The van der Waals surface area contributed by atoms with Gasteiger partial charge in [-0.3, -0.25) is 0 Å². The number of ether oxygens (including phenoxy) is 1. The number of anilines is 1. The number of hydrogen-bond acceptors (Lipinski definition) is 3. The number of hydrogen-bond donors (Lipinski definition) is 1. The van der Waals surface area contributed by atoms with Crippen LogP contribution in [0.5, 0.6) is 5.75 Å². The molecule has 0 spiro atoms. The molecule has 1 atom stereocenters. The van der Waals surface area contributed by atoms with E-state index in [0.717, 1.165) is 30.3 Å². The van der Waals surface area contributed by atoms with E-state index in [9.17, 15) is 0 Å². The molecule has 0 radical (unpaired) electrons. The van der Waals surface area contributed by atoms with Crippen molar-refractivity contribution >= 4 is 5.82 Å². The maximum absolute atomic E-state index is 5.65. The molecule has 0 bridgehead atoms. The van der Waals surface area contributed by atoms with Crippen molar-refractivity contribution in [2.45, 2.75) is 19.4 Å². The zero-order valence-corrected chi connectivity index (χ0v) is 10.4. The summed E-state index contributed by atoms with van der Waals surface area (Å²) in [5.41, 5.74) is 2.24. The number of fused-ring (bicyclic) bond motifs is 1. The van der Waals surface area contributed by atoms with Crippen LogP contribution in [-0.2, 0) is 0 Å². The van der Waals surface area contributed by atoms with Crippen molar-refractivity contribution in [2.75, 3.05) is 11.9 Å². The molecule has 3 heteroatoms. The van der Waals surface area contributed by atoms with Gasteiger partial charge in [-0.25, -0.2) is 4.98 Å². The van der Waals surface area contributed by atoms with Crippen molar-refractivity contribution < 1.29 is 4.74 Å². The van der Waals surface area contributed by atoms with Crippen molar-refractivity contribution in [3.63, 3.8) is 0 Å². The van der Waals surface area contributed by atoms with Gasteiger partial charge in [0.2, 0.25) is 0 Å². The molecule has 3 nitrogen and oxygen atoms in total. The van der Waals surface area contributed by atoms with E-state index in [-0.39, 0.29) is 6.04 Å². The number of nitrogens with one attached hydrogen (secondary N) is 1. The van der Waals surface area contributed by atoms with Crippen molar-refractivity contribution in [1.82, 2.24) is 4.98 Å². The average molecular weight is 240 g/mol. The van der Waals surface area contributed by atoms with Gasteiger partial charge in [-0.1, -0.05) is 24.3 Å². The minimum atomic E-state index is 0.282. The standard InChI is InChI=1S/C15H16N2O/c1-11-5-4-8-15(16-11)17-13-9-10-18-14-7-3-2-6-12(13)14/h2-8,13H,9-10H2,1H3,(H,16,17). The summed E-state index contributed by atoms with van der Waals surface area (Å²) in [5.74, 6) is 1.91. The lowest BCUT2D eigenvalue weighted by Gasteiger charge is -2.27. The summed E-state index contributed by atoms with van der Waals surface area (Å²) in [6, 6.07) is 14.5. The average Bonchev–Trinajstić information content (AvgIpc) is 2.39. The smallest absolute Gasteiger partial charge is 0.126 e. The Morgan fingerprint density at radius 2 is 2.06 bits per heavy atom. The molecule has 1 N–H and O–H groups in total. The molecule has 0 saturated carbocycles. The van der Waals surface area contributed by atoms with E-state index in [1.165, 1.54) is 5.56 Å². The molecular formula is C15H16N2O. The quantitative estimate of drug-likeness (QED) is 0.874. The summed E-state index contributed by atoms with van der Waals surface area (Å²) in [5, 5.41) is 3.49. The number of nitrogens with zero attached hydrogens (tertiary/aromatic N) is 1. The van der Waals surface area contributed by atoms with Crippen LogP contribution >= 0.6 is 0 Å². The first kappa shape index (κ1) is 11.1. The molecule has 0 saturated heterocycles. The highest BCUT2D eigenvalue weighted by atomic mass is 16.5. The summed E-state index contributed by atoms with van der Waals surface area (Å²) in [7, 11) is 0. The van der Waals surface area contributed by atoms with Gasteiger partial charge in [0.05, 0.1) is 12.6 Å². The van der Waals surface area contributed by atoms with Gasteiger partial charge < -0.3 is 10.1 Å². The van der Waals surface area contributed by atoms with Gasteiger partial charge in [0.15, 0.2) is 0 Å². The van der Waals surface area contributed by atoms with Gasteiger partial charge >= 0.3 is 0 Å². The van der Waals surface area contributed by atoms with Gasteiger partial charge in [-0.2, -0.15) is 0 Å². The molecule has 1 aromatic heterocycles. The fourth-order valence-electron chi connectivity index (χ4n) is 2.29. The zero-order valence-electron chi connectivity index (χ0n) is 10.4. The first-order valence-electron chi connectivity index (χ1n) is 6.25. The number of rotatable bonds is 2. The Morgan fingerprint density at radius 1 is 1.17 bits per heavy atom. The molecule has 18 heavy (non-hydrogen) atoms. The van der Waals surface area contributed by atoms with Crippen LogP contribution in [0.4, 0.5) is 5.82 Å². The number of pyridine rings is 1. The Bertz CT molecular complexity index is 554. The first-order chi connectivity index (χ1) is 8.83. The van der Waals surface area contributed by atoms with Crippen LogP contribution in [0.25, 0.3) is 0 Å². The minimum Gasteiger partial charge on any atom is -0.493 e. The second kappa shape index (κ2) is 4.69. The number of aryl methyl sites for hydroxylation is 1. The highest BCUT2D eigenvalue weighted by Crippen LogP contribution is 2.33. The molecule has 0 fully saturated rings. The van der Waals surface area contributed by atoms with Crippen molar-refractivity contribution in [1.29, 1.82) is 0 Å². The van der Waals surface area contributed by atoms with E-state index in [4.69, 9.17) is 4.74 Å². The monoisotopic (exact) mass is 240 g/mol. The van der Waals surface area contributed by atoms with Crippen LogP contribution in [0.15, 0.2) is 42.5 Å². The first-order valence-corrected chi connectivity index (χ1v) is 6.25. The lowest BCUT2D eigenvalue weighted by molar-refractivity contribution is 0.274. The van der Waals surface area contributed by atoms with Gasteiger partial charge in [0.1, 0.15) is 11.6 Å². The Morgan fingerprint density at radius 3 is 2.94 bits per heavy atom. The molecule has 2 heterocycles. The number of benzene rings is 1. The second-order valence-electron chi connectivity index (χ2n) is 4.54. The largest absolute Gasteiger partial charge is 0.493 e. The maximum atomic E-state index is 5.65. The van der Waals surface area contributed by atoms with E-state index < -0.39 is 0 Å². The highest BCUT2D eigenvalue weighted by Gasteiger charge is 2.20. The third-order valence-electron chi connectivity index (χ3n) is 3.17. The van der Waals surface area contributed by atoms with Crippen LogP contribution in [0.3, 0.4) is 0 Å². The molecule has 1 unspecified atom stereocenters. The molecular weight excluding hydrogens is 224 g/mol. The Kier molecular flexibility index (Phi) is 2.89. The molecule has 1 aliphatic rings. The summed E-state index contributed by atoms with van der Waals surface area (Å²) < 4.78 is 5.65. The molecule has 92 valence electrons. The Hall–Kier alpha value is -2.03. The normalized spacial score (nSPS) is 17.7. The van der Waals surface area contributed by atoms with E-state index in [2.05, 4.69) is 16.4 Å². The summed E-state index contributed by atoms with van der Waals surface area (Å²) in [4.78, 5) is 4.49. The molecule has 3 rings (SSSR count). The SMILES string of the molecule is Cc1cccc(NC2CCOc3ccccc32)n1. The lowest BCUT2D eigenvalue weighted by Crippen LogP contribution is -2.20. The molecule has 0 amide bonds. The van der Waals surface area contributed by atoms with E-state index in [1.807, 2.05) is 43.3 Å². The van der Waals surface area contributed by atoms with Gasteiger partial charge in [0, 0.05) is 17.7 Å². The number of para-hydroxylation sites is 1. The van der Waals surface area contributed by atoms with Gasteiger partial charge in [0.25, 0.3) is 0 Å². The summed E-state index contributed by atoms with van der Waals surface area (Å²) >= 11 is 0. The third-order valence-corrected chi connectivity index (χ3v) is 3.17. The highest BCUT2D eigenvalue weighted by molar-refractivity contribution is 5.44. The van der Waals surface area contributed by atoms with Crippen LogP contribution in [0.2, 0.25) is 0 Å². The van der Waals surface area contributed by atoms with E-state index >= 15 is 0 Å². The molecule has 0 aliphatic carbocycles. The summed E-state index contributed by atoms with van der Waals surface area (Å²) in [6.07, 6.45) is 0.965. The molecule has 1 aliphatic heterocycles. The molecule has 1 aromatic carbocycles. The third kappa shape index (κ3) is 2.16. The predicted molar refractivity (Wildman–Crippen MR) is 71.9 cm³/mol. The van der Waals surface area contributed by atoms with E-state index in [1.54, 1.807) is 0 Å². The minimum absolute atomic E-state index is 0.282. The van der Waals surface area contributed by atoms with Gasteiger partial charge in [-0.05, 0) is 25.1 Å². The Balaban J connectivity index is 1.86. The second-order valence-corrected chi connectivity index (χ2v) is 4.54. The van der Waals surface area contributed by atoms with Crippen molar-refractivity contribution in [2.24, 2.45) is 0 Å². The fraction of sp³-hybridized carbons (Fsp3) is 0.267. The predicted octanol–water partition coefficient (Wildman–Crippen LogP) is 3.33. The lowest BCUT2D eigenvalue weighted by atomic mass is 10.0. The zero-order chi connectivity index (χ0) is 12.4. The number of aromatic nitrogens is 1. The van der Waals surface area contributed by atoms with Gasteiger partial charge in [-0.15, -0.1) is 0 Å². The molecule has 2 aromatic rings. The summed E-state index contributed by atoms with van der Waals surface area (Å²) in [6.45, 7) is 2.75. The van der Waals surface area contributed by atoms with Crippen LogP contribution < -0.4 is 10.1 Å². The topological polar surface area (TPSA) is 34.1 Å². The van der Waals surface area contributed by atoms with Crippen molar-refractivity contribution in [3.05, 3.63) is 53.7 Å². The fourth-order valence-corrected chi connectivity index (χ4v) is 2.29. The van der Waals surface area contributed by atoms with Crippen molar-refractivity contribution in [3.8, 4) is 5.75 Å². The van der Waals surface area contributed by atoms with Crippen LogP contribution in [0.1, 0.15) is 23.7 Å². The Labute approximate surface area is 107 Å². The van der Waals surface area contributed by atoms with Crippen LogP contribution in [0, 0.1) is 6.92 Å². The maximum Gasteiger partial charge on any atom is 0.126 e. The van der Waals surface area contributed by atoms with Crippen LogP contribution in [-0.4, -0.2) is 11.6 Å².